The zero-order valence-corrected chi connectivity index (χ0v) is 12.2. The molecule has 21 heavy (non-hydrogen) atoms. The van der Waals surface area contributed by atoms with Crippen molar-refractivity contribution in [3.05, 3.63) is 42.4 Å². The molecule has 0 fully saturated rings. The minimum absolute atomic E-state index is 0.300. The molecular formula is C16H18N4O. The van der Waals surface area contributed by atoms with Gasteiger partial charge in [-0.1, -0.05) is 13.8 Å². The van der Waals surface area contributed by atoms with Crippen LogP contribution in [0.25, 0.3) is 0 Å². The highest BCUT2D eigenvalue weighted by molar-refractivity contribution is 5.56. The summed E-state index contributed by atoms with van der Waals surface area (Å²) in [6.45, 7) is 5.08. The van der Waals surface area contributed by atoms with Crippen LogP contribution >= 0.6 is 0 Å². The Bertz CT molecular complexity index is 600. The van der Waals surface area contributed by atoms with Gasteiger partial charge < -0.3 is 10.1 Å². The smallest absolute Gasteiger partial charge is 0.158 e. The monoisotopic (exact) mass is 282 g/mol. The van der Waals surface area contributed by atoms with E-state index in [0.717, 1.165) is 24.5 Å². The van der Waals surface area contributed by atoms with Gasteiger partial charge in [-0.3, -0.25) is 0 Å². The lowest BCUT2D eigenvalue weighted by molar-refractivity contribution is 0.289. The van der Waals surface area contributed by atoms with Crippen LogP contribution in [0.15, 0.2) is 36.7 Å². The SMILES string of the molecule is CC(C)CCOc1ccc(Nc2cnc(C#N)cn2)cc1. The lowest BCUT2D eigenvalue weighted by Crippen LogP contribution is -2.01. The highest BCUT2D eigenvalue weighted by atomic mass is 16.5. The maximum atomic E-state index is 8.67. The minimum atomic E-state index is 0.300. The standard InChI is InChI=1S/C16H18N4O/c1-12(2)7-8-21-15-5-3-13(4-6-15)20-16-11-18-14(9-17)10-19-16/h3-6,10-12H,7-8H2,1-2H3,(H,19,20). The molecule has 108 valence electrons. The second-order valence-corrected chi connectivity index (χ2v) is 5.08. The van der Waals surface area contributed by atoms with Gasteiger partial charge in [0.15, 0.2) is 5.69 Å². The fourth-order valence-corrected chi connectivity index (χ4v) is 1.65. The second kappa shape index (κ2) is 7.25. The molecule has 0 spiro atoms. The van der Waals surface area contributed by atoms with Gasteiger partial charge in [-0.2, -0.15) is 5.26 Å². The number of aromatic nitrogens is 2. The maximum absolute atomic E-state index is 8.67. The van der Waals surface area contributed by atoms with E-state index in [1.807, 2.05) is 30.3 Å². The minimum Gasteiger partial charge on any atom is -0.494 e. The number of benzene rings is 1. The van der Waals surface area contributed by atoms with Crippen molar-refractivity contribution in [2.24, 2.45) is 5.92 Å². The van der Waals surface area contributed by atoms with Crippen molar-refractivity contribution in [2.75, 3.05) is 11.9 Å². The van der Waals surface area contributed by atoms with Crippen LogP contribution in [0.5, 0.6) is 5.75 Å². The molecule has 0 bridgehead atoms. The van der Waals surface area contributed by atoms with Crippen LogP contribution in [-0.4, -0.2) is 16.6 Å². The number of nitrogens with one attached hydrogen (secondary N) is 1. The Morgan fingerprint density at radius 2 is 1.95 bits per heavy atom. The normalized spacial score (nSPS) is 10.2. The molecule has 0 aliphatic rings. The summed E-state index contributed by atoms with van der Waals surface area (Å²) in [6.07, 6.45) is 4.01. The van der Waals surface area contributed by atoms with Crippen molar-refractivity contribution in [1.82, 2.24) is 9.97 Å². The van der Waals surface area contributed by atoms with Crippen LogP contribution < -0.4 is 10.1 Å². The molecule has 0 amide bonds. The summed E-state index contributed by atoms with van der Waals surface area (Å²) in [4.78, 5) is 8.07. The van der Waals surface area contributed by atoms with E-state index in [-0.39, 0.29) is 0 Å². The fraction of sp³-hybridized carbons (Fsp3) is 0.312. The molecule has 2 aromatic rings. The molecule has 1 heterocycles. The van der Waals surface area contributed by atoms with Crippen molar-refractivity contribution in [3.63, 3.8) is 0 Å². The van der Waals surface area contributed by atoms with E-state index in [9.17, 15) is 0 Å². The molecule has 2 rings (SSSR count). The van der Waals surface area contributed by atoms with Gasteiger partial charge in [0.05, 0.1) is 19.0 Å². The number of anilines is 2. The molecule has 0 atom stereocenters. The van der Waals surface area contributed by atoms with E-state index in [4.69, 9.17) is 10.00 Å². The molecule has 0 saturated heterocycles. The zero-order chi connectivity index (χ0) is 15.1. The molecule has 0 radical (unpaired) electrons. The van der Waals surface area contributed by atoms with E-state index in [1.165, 1.54) is 12.4 Å². The zero-order valence-electron chi connectivity index (χ0n) is 12.2. The largest absolute Gasteiger partial charge is 0.494 e. The van der Waals surface area contributed by atoms with Crippen molar-refractivity contribution in [1.29, 1.82) is 5.26 Å². The van der Waals surface area contributed by atoms with Crippen molar-refractivity contribution >= 4 is 11.5 Å². The van der Waals surface area contributed by atoms with Crippen LogP contribution in [0.3, 0.4) is 0 Å². The summed E-state index contributed by atoms with van der Waals surface area (Å²) in [6, 6.07) is 9.61. The maximum Gasteiger partial charge on any atom is 0.158 e. The van der Waals surface area contributed by atoms with E-state index >= 15 is 0 Å². The number of nitrogens with zero attached hydrogens (tertiary/aromatic N) is 3. The molecule has 1 aromatic heterocycles. The van der Waals surface area contributed by atoms with Crippen molar-refractivity contribution in [3.8, 4) is 11.8 Å². The molecule has 0 aliphatic heterocycles. The topological polar surface area (TPSA) is 70.8 Å². The summed E-state index contributed by atoms with van der Waals surface area (Å²) in [5.41, 5.74) is 1.19. The van der Waals surface area contributed by atoms with Gasteiger partial charge in [-0.25, -0.2) is 9.97 Å². The fourth-order valence-electron chi connectivity index (χ4n) is 1.65. The predicted octanol–water partition coefficient (Wildman–Crippen LogP) is 3.52. The Labute approximate surface area is 124 Å². The van der Waals surface area contributed by atoms with Crippen molar-refractivity contribution < 1.29 is 4.74 Å². The molecule has 1 N–H and O–H groups in total. The predicted molar refractivity (Wildman–Crippen MR) is 81.4 cm³/mol. The molecule has 5 heteroatoms. The summed E-state index contributed by atoms with van der Waals surface area (Å²) in [5.74, 6) is 2.09. The number of hydrogen-bond acceptors (Lipinski definition) is 5. The molecular weight excluding hydrogens is 264 g/mol. The highest BCUT2D eigenvalue weighted by Crippen LogP contribution is 2.19. The first-order chi connectivity index (χ1) is 10.2. The second-order valence-electron chi connectivity index (χ2n) is 5.08. The van der Waals surface area contributed by atoms with Crippen LogP contribution in [-0.2, 0) is 0 Å². The number of rotatable bonds is 6. The Morgan fingerprint density at radius 1 is 1.19 bits per heavy atom. The van der Waals surface area contributed by atoms with Crippen LogP contribution in [0.1, 0.15) is 26.0 Å². The molecule has 1 aromatic carbocycles. The van der Waals surface area contributed by atoms with Crippen LogP contribution in [0.4, 0.5) is 11.5 Å². The first-order valence-electron chi connectivity index (χ1n) is 6.89. The average molecular weight is 282 g/mol. The lowest BCUT2D eigenvalue weighted by atomic mass is 10.1. The number of nitriles is 1. The van der Waals surface area contributed by atoms with Gasteiger partial charge in [-0.05, 0) is 36.6 Å². The Hall–Kier alpha value is -2.61. The van der Waals surface area contributed by atoms with Gasteiger partial charge >= 0.3 is 0 Å². The van der Waals surface area contributed by atoms with Gasteiger partial charge in [-0.15, -0.1) is 0 Å². The Kier molecular flexibility index (Phi) is 5.10. The van der Waals surface area contributed by atoms with Crippen LogP contribution in [0.2, 0.25) is 0 Å². The summed E-state index contributed by atoms with van der Waals surface area (Å²) < 4.78 is 5.66. The van der Waals surface area contributed by atoms with E-state index in [1.54, 1.807) is 0 Å². The summed E-state index contributed by atoms with van der Waals surface area (Å²) >= 11 is 0. The van der Waals surface area contributed by atoms with Gasteiger partial charge in [0.1, 0.15) is 17.6 Å². The van der Waals surface area contributed by atoms with Gasteiger partial charge in [0.2, 0.25) is 0 Å². The molecule has 0 aliphatic carbocycles. The van der Waals surface area contributed by atoms with Crippen LogP contribution in [0, 0.1) is 17.2 Å². The summed E-state index contributed by atoms with van der Waals surface area (Å²) in [7, 11) is 0. The molecule has 0 saturated carbocycles. The van der Waals surface area contributed by atoms with Gasteiger partial charge in [0, 0.05) is 5.69 Å². The lowest BCUT2D eigenvalue weighted by Gasteiger charge is -2.09. The molecule has 5 nitrogen and oxygen atoms in total. The Morgan fingerprint density at radius 3 is 2.52 bits per heavy atom. The Balaban J connectivity index is 1.91. The average Bonchev–Trinajstić information content (AvgIpc) is 2.49. The van der Waals surface area contributed by atoms with Crippen molar-refractivity contribution in [2.45, 2.75) is 20.3 Å². The quantitative estimate of drug-likeness (QED) is 0.877. The summed E-state index contributed by atoms with van der Waals surface area (Å²) in [5, 5.41) is 11.8. The third-order valence-electron chi connectivity index (χ3n) is 2.86. The number of ether oxygens (including phenoxy) is 1. The first-order valence-corrected chi connectivity index (χ1v) is 6.89. The van der Waals surface area contributed by atoms with E-state index in [0.29, 0.717) is 17.4 Å². The first kappa shape index (κ1) is 14.8. The van der Waals surface area contributed by atoms with Gasteiger partial charge in [0.25, 0.3) is 0 Å². The van der Waals surface area contributed by atoms with E-state index in [2.05, 4.69) is 29.1 Å². The third kappa shape index (κ3) is 4.77. The number of hydrogen-bond donors (Lipinski definition) is 1. The highest BCUT2D eigenvalue weighted by Gasteiger charge is 2.00. The third-order valence-corrected chi connectivity index (χ3v) is 2.86. The molecule has 0 unspecified atom stereocenters. The van der Waals surface area contributed by atoms with E-state index < -0.39 is 0 Å².